The molecule has 2 amide bonds. The minimum atomic E-state index is -0.334. The molecule has 0 radical (unpaired) electrons. The van der Waals surface area contributed by atoms with Crippen molar-refractivity contribution in [2.75, 3.05) is 32.8 Å². The van der Waals surface area contributed by atoms with Crippen LogP contribution in [0.3, 0.4) is 0 Å². The van der Waals surface area contributed by atoms with Crippen molar-refractivity contribution in [3.05, 3.63) is 0 Å². The average molecular weight is 298 g/mol. The molecule has 0 aliphatic carbocycles. The highest BCUT2D eigenvalue weighted by Gasteiger charge is 2.23. The third-order valence-electron chi connectivity index (χ3n) is 3.58. The van der Waals surface area contributed by atoms with E-state index in [1.807, 2.05) is 4.90 Å². The number of esters is 1. The Morgan fingerprint density at radius 2 is 1.38 bits per heavy atom. The van der Waals surface area contributed by atoms with E-state index in [1.165, 1.54) is 0 Å². The molecule has 1 saturated heterocycles. The van der Waals surface area contributed by atoms with E-state index in [-0.39, 0.29) is 30.6 Å². The Morgan fingerprint density at radius 3 is 1.86 bits per heavy atom. The molecule has 0 saturated carbocycles. The minimum absolute atomic E-state index is 0.0382. The molecule has 21 heavy (non-hydrogen) atoms. The summed E-state index contributed by atoms with van der Waals surface area (Å²) in [6.45, 7) is 6.44. The van der Waals surface area contributed by atoms with Crippen LogP contribution in [-0.4, -0.2) is 60.4 Å². The molecule has 120 valence electrons. The van der Waals surface area contributed by atoms with Gasteiger partial charge in [-0.1, -0.05) is 13.3 Å². The van der Waals surface area contributed by atoms with Crippen LogP contribution in [0.15, 0.2) is 0 Å². The fourth-order valence-electron chi connectivity index (χ4n) is 2.29. The maximum absolute atomic E-state index is 12.0. The van der Waals surface area contributed by atoms with Gasteiger partial charge in [-0.05, 0) is 13.3 Å². The Morgan fingerprint density at radius 1 is 0.857 bits per heavy atom. The number of piperazine rings is 1. The van der Waals surface area contributed by atoms with Crippen LogP contribution in [0, 0.1) is 0 Å². The molecular formula is C15H26N2O4. The van der Waals surface area contributed by atoms with Crippen LogP contribution in [0.4, 0.5) is 0 Å². The van der Waals surface area contributed by atoms with Crippen molar-refractivity contribution in [2.45, 2.75) is 46.0 Å². The Bertz CT molecular complexity index is 363. The molecule has 0 unspecified atom stereocenters. The molecule has 1 aliphatic heterocycles. The summed E-state index contributed by atoms with van der Waals surface area (Å²) in [5, 5.41) is 0. The number of rotatable bonds is 7. The lowest BCUT2D eigenvalue weighted by Gasteiger charge is -2.35. The van der Waals surface area contributed by atoms with Gasteiger partial charge in [0.15, 0.2) is 0 Å². The SMILES string of the molecule is CCCCC(=O)N1CCN(C(=O)CCC(=O)OCC)CC1. The lowest BCUT2D eigenvalue weighted by Crippen LogP contribution is -2.50. The molecule has 0 atom stereocenters. The molecule has 1 aliphatic rings. The molecule has 0 aromatic rings. The van der Waals surface area contributed by atoms with Gasteiger partial charge in [0.2, 0.25) is 11.8 Å². The van der Waals surface area contributed by atoms with Crippen LogP contribution in [0.1, 0.15) is 46.0 Å². The number of amides is 2. The highest BCUT2D eigenvalue weighted by molar-refractivity contribution is 5.82. The smallest absolute Gasteiger partial charge is 0.306 e. The zero-order chi connectivity index (χ0) is 15.7. The van der Waals surface area contributed by atoms with Crippen LogP contribution in [0.2, 0.25) is 0 Å². The molecule has 0 spiro atoms. The van der Waals surface area contributed by atoms with Gasteiger partial charge in [-0.15, -0.1) is 0 Å². The molecule has 0 bridgehead atoms. The van der Waals surface area contributed by atoms with Crippen molar-refractivity contribution in [1.29, 1.82) is 0 Å². The summed E-state index contributed by atoms with van der Waals surface area (Å²) in [5.41, 5.74) is 0. The molecular weight excluding hydrogens is 272 g/mol. The van der Waals surface area contributed by atoms with Crippen molar-refractivity contribution in [3.63, 3.8) is 0 Å². The van der Waals surface area contributed by atoms with Crippen LogP contribution in [0.5, 0.6) is 0 Å². The first-order chi connectivity index (χ1) is 10.1. The second-order valence-corrected chi connectivity index (χ2v) is 5.17. The fraction of sp³-hybridized carbons (Fsp3) is 0.800. The van der Waals surface area contributed by atoms with Crippen molar-refractivity contribution in [1.82, 2.24) is 9.80 Å². The first kappa shape index (κ1) is 17.5. The maximum Gasteiger partial charge on any atom is 0.306 e. The number of nitrogens with zero attached hydrogens (tertiary/aromatic N) is 2. The predicted molar refractivity (Wildman–Crippen MR) is 78.6 cm³/mol. The molecule has 0 aromatic heterocycles. The zero-order valence-corrected chi connectivity index (χ0v) is 13.1. The van der Waals surface area contributed by atoms with Gasteiger partial charge in [0.05, 0.1) is 13.0 Å². The summed E-state index contributed by atoms with van der Waals surface area (Å²) in [7, 11) is 0. The second-order valence-electron chi connectivity index (χ2n) is 5.17. The van der Waals surface area contributed by atoms with E-state index < -0.39 is 0 Å². The molecule has 1 fully saturated rings. The van der Waals surface area contributed by atoms with Gasteiger partial charge in [0.1, 0.15) is 0 Å². The first-order valence-electron chi connectivity index (χ1n) is 7.79. The predicted octanol–water partition coefficient (Wildman–Crippen LogP) is 1.19. The van der Waals surface area contributed by atoms with Crippen molar-refractivity contribution < 1.29 is 19.1 Å². The summed E-state index contributed by atoms with van der Waals surface area (Å²) >= 11 is 0. The molecule has 0 N–H and O–H groups in total. The van der Waals surface area contributed by atoms with Gasteiger partial charge in [0.25, 0.3) is 0 Å². The third-order valence-corrected chi connectivity index (χ3v) is 3.58. The van der Waals surface area contributed by atoms with Crippen LogP contribution < -0.4 is 0 Å². The van der Waals surface area contributed by atoms with Crippen LogP contribution in [-0.2, 0) is 19.1 Å². The monoisotopic (exact) mass is 298 g/mol. The Kier molecular flexibility index (Phi) is 7.79. The van der Waals surface area contributed by atoms with Gasteiger partial charge in [-0.2, -0.15) is 0 Å². The quantitative estimate of drug-likeness (QED) is 0.662. The van der Waals surface area contributed by atoms with E-state index in [9.17, 15) is 14.4 Å². The van der Waals surface area contributed by atoms with Crippen molar-refractivity contribution in [3.8, 4) is 0 Å². The minimum Gasteiger partial charge on any atom is -0.466 e. The van der Waals surface area contributed by atoms with E-state index in [0.717, 1.165) is 12.8 Å². The first-order valence-corrected chi connectivity index (χ1v) is 7.79. The van der Waals surface area contributed by atoms with E-state index in [2.05, 4.69) is 6.92 Å². The summed E-state index contributed by atoms with van der Waals surface area (Å²) in [4.78, 5) is 38.6. The third kappa shape index (κ3) is 6.14. The summed E-state index contributed by atoms with van der Waals surface area (Å²) in [6.07, 6.45) is 2.83. The average Bonchev–Trinajstić information content (AvgIpc) is 2.50. The Balaban J connectivity index is 2.27. The number of carbonyl (C=O) groups is 3. The number of carbonyl (C=O) groups excluding carboxylic acids is 3. The summed E-state index contributed by atoms with van der Waals surface area (Å²) < 4.78 is 4.80. The molecule has 0 aromatic carbocycles. The van der Waals surface area contributed by atoms with Crippen molar-refractivity contribution >= 4 is 17.8 Å². The summed E-state index contributed by atoms with van der Waals surface area (Å²) in [6, 6.07) is 0. The van der Waals surface area contributed by atoms with Gasteiger partial charge in [0, 0.05) is 39.0 Å². The number of hydrogen-bond acceptors (Lipinski definition) is 4. The second kappa shape index (κ2) is 9.37. The van der Waals surface area contributed by atoms with E-state index in [4.69, 9.17) is 4.74 Å². The molecule has 6 heteroatoms. The standard InChI is InChI=1S/C15H26N2O4/c1-3-5-6-13(18)16-9-11-17(12-10-16)14(19)7-8-15(20)21-4-2/h3-12H2,1-2H3. The topological polar surface area (TPSA) is 66.9 Å². The molecule has 1 rings (SSSR count). The number of unbranched alkanes of at least 4 members (excludes halogenated alkanes) is 1. The van der Waals surface area contributed by atoms with Crippen LogP contribution in [0.25, 0.3) is 0 Å². The molecule has 6 nitrogen and oxygen atoms in total. The maximum atomic E-state index is 12.0. The van der Waals surface area contributed by atoms with Gasteiger partial charge in [-0.3, -0.25) is 14.4 Å². The lowest BCUT2D eigenvalue weighted by molar-refractivity contribution is -0.146. The Labute approximate surface area is 126 Å². The zero-order valence-electron chi connectivity index (χ0n) is 13.1. The largest absolute Gasteiger partial charge is 0.466 e. The Hall–Kier alpha value is -1.59. The highest BCUT2D eigenvalue weighted by Crippen LogP contribution is 2.08. The van der Waals surface area contributed by atoms with E-state index >= 15 is 0 Å². The summed E-state index contributed by atoms with van der Waals surface area (Å²) in [5.74, 6) is -0.196. The van der Waals surface area contributed by atoms with Gasteiger partial charge < -0.3 is 14.5 Å². The normalized spacial score (nSPS) is 15.0. The fourth-order valence-corrected chi connectivity index (χ4v) is 2.29. The van der Waals surface area contributed by atoms with Crippen molar-refractivity contribution in [2.24, 2.45) is 0 Å². The number of hydrogen-bond donors (Lipinski definition) is 0. The highest BCUT2D eigenvalue weighted by atomic mass is 16.5. The van der Waals surface area contributed by atoms with Crippen LogP contribution >= 0.6 is 0 Å². The lowest BCUT2D eigenvalue weighted by atomic mass is 10.2. The van der Waals surface area contributed by atoms with Gasteiger partial charge in [-0.25, -0.2) is 0 Å². The van der Waals surface area contributed by atoms with E-state index in [0.29, 0.717) is 39.2 Å². The van der Waals surface area contributed by atoms with E-state index in [1.54, 1.807) is 11.8 Å². The number of ether oxygens (including phenoxy) is 1. The van der Waals surface area contributed by atoms with Gasteiger partial charge >= 0.3 is 5.97 Å². The molecule has 1 heterocycles.